The second-order valence-corrected chi connectivity index (χ2v) is 13.1. The maximum Gasteiger partial charge on any atom is 0.159 e. The predicted molar refractivity (Wildman–Crippen MR) is 194 cm³/mol. The fourth-order valence-corrected chi connectivity index (χ4v) is 8.79. The van der Waals surface area contributed by atoms with Gasteiger partial charge in [-0.05, 0) is 59.7 Å². The van der Waals surface area contributed by atoms with Gasteiger partial charge in [0, 0.05) is 52.5 Å². The smallest absolute Gasteiger partial charge is 0.159 e. The van der Waals surface area contributed by atoms with Crippen molar-refractivity contribution in [2.45, 2.75) is 0 Å². The average Bonchev–Trinajstić information content (AvgIpc) is 3.85. The first kappa shape index (κ1) is 24.5. The fourth-order valence-electron chi connectivity index (χ4n) is 7.55. The number of fused-ring (bicyclic) bond motifs is 12. The highest BCUT2D eigenvalue weighted by Gasteiger charge is 2.20. The molecule has 0 aliphatic rings. The highest BCUT2D eigenvalue weighted by molar-refractivity contribution is 7.26. The standard InChI is InChI=1S/C42H23NO2S/c1-4-15-34-26(9-1)31-23-39-33(27-10-2-5-17-37(27)44-39)22-36(31)43(34)35-16-8-13-29-32-21-24(19-20-38(32)45-41(29)35)25-12-7-14-30-28-11-3-6-18-40(28)46-42(25)30/h1-23H. The number of para-hydroxylation sites is 3. The van der Waals surface area contributed by atoms with Gasteiger partial charge in [-0.15, -0.1) is 11.3 Å². The summed E-state index contributed by atoms with van der Waals surface area (Å²) in [6, 6.07) is 49.8. The van der Waals surface area contributed by atoms with E-state index in [1.807, 2.05) is 23.5 Å². The van der Waals surface area contributed by atoms with Gasteiger partial charge in [0.05, 0.1) is 16.7 Å². The molecule has 0 unspecified atom stereocenters. The number of hydrogen-bond acceptors (Lipinski definition) is 3. The molecule has 0 radical (unpaired) electrons. The van der Waals surface area contributed by atoms with E-state index in [2.05, 4.69) is 132 Å². The molecule has 11 aromatic rings. The monoisotopic (exact) mass is 605 g/mol. The topological polar surface area (TPSA) is 31.2 Å². The Kier molecular flexibility index (Phi) is 4.72. The van der Waals surface area contributed by atoms with Crippen molar-refractivity contribution in [2.75, 3.05) is 0 Å². The van der Waals surface area contributed by atoms with Crippen LogP contribution in [-0.2, 0) is 0 Å². The zero-order chi connectivity index (χ0) is 29.9. The van der Waals surface area contributed by atoms with Gasteiger partial charge in [0.25, 0.3) is 0 Å². The number of aromatic nitrogens is 1. The predicted octanol–water partition coefficient (Wildman–Crippen LogP) is 12.6. The molecule has 214 valence electrons. The quantitative estimate of drug-likeness (QED) is 0.196. The molecule has 4 heteroatoms. The molecule has 0 saturated carbocycles. The zero-order valence-electron chi connectivity index (χ0n) is 24.5. The number of nitrogens with zero attached hydrogens (tertiary/aromatic N) is 1. The number of hydrogen-bond donors (Lipinski definition) is 0. The average molecular weight is 606 g/mol. The van der Waals surface area contributed by atoms with Gasteiger partial charge in [-0.1, -0.05) is 91.0 Å². The Bertz CT molecular complexity index is 3040. The van der Waals surface area contributed by atoms with Crippen molar-refractivity contribution in [3.63, 3.8) is 0 Å². The van der Waals surface area contributed by atoms with E-state index in [-0.39, 0.29) is 0 Å². The van der Waals surface area contributed by atoms with Gasteiger partial charge in [-0.3, -0.25) is 0 Å². The minimum absolute atomic E-state index is 0.884. The number of benzene rings is 7. The van der Waals surface area contributed by atoms with Gasteiger partial charge < -0.3 is 13.4 Å². The van der Waals surface area contributed by atoms with Crippen molar-refractivity contribution in [3.8, 4) is 16.8 Å². The second-order valence-electron chi connectivity index (χ2n) is 12.1. The van der Waals surface area contributed by atoms with Crippen molar-refractivity contribution in [2.24, 2.45) is 0 Å². The normalized spacial score (nSPS) is 12.3. The zero-order valence-corrected chi connectivity index (χ0v) is 25.3. The van der Waals surface area contributed by atoms with Crippen LogP contribution in [0.2, 0.25) is 0 Å². The molecule has 4 heterocycles. The first-order chi connectivity index (χ1) is 22.8. The SMILES string of the molecule is c1ccc2c(c1)oc1cc3c4ccccc4n(-c4cccc5c4oc4ccc(-c6cccc7c6sc6ccccc67)cc45)c3cc12. The molecule has 3 nitrogen and oxygen atoms in total. The summed E-state index contributed by atoms with van der Waals surface area (Å²) in [5, 5.41) is 9.44. The van der Waals surface area contributed by atoms with E-state index >= 15 is 0 Å². The van der Waals surface area contributed by atoms with Gasteiger partial charge in [0.2, 0.25) is 0 Å². The molecule has 0 atom stereocenters. The number of furan rings is 2. The van der Waals surface area contributed by atoms with Crippen LogP contribution in [0.25, 0.3) is 103 Å². The molecular weight excluding hydrogens is 583 g/mol. The molecule has 0 aliphatic heterocycles. The third kappa shape index (κ3) is 3.21. The molecule has 0 saturated heterocycles. The maximum absolute atomic E-state index is 6.74. The Hall–Kier alpha value is -5.84. The van der Waals surface area contributed by atoms with Crippen LogP contribution >= 0.6 is 11.3 Å². The van der Waals surface area contributed by atoms with Gasteiger partial charge in [0.15, 0.2) is 5.58 Å². The van der Waals surface area contributed by atoms with Crippen LogP contribution in [0.1, 0.15) is 0 Å². The summed E-state index contributed by atoms with van der Waals surface area (Å²) in [4.78, 5) is 0. The van der Waals surface area contributed by atoms with E-state index < -0.39 is 0 Å². The van der Waals surface area contributed by atoms with E-state index in [1.165, 1.54) is 36.7 Å². The molecule has 0 fully saturated rings. The van der Waals surface area contributed by atoms with Crippen LogP contribution in [0.3, 0.4) is 0 Å². The molecule has 0 amide bonds. The van der Waals surface area contributed by atoms with Crippen LogP contribution in [-0.4, -0.2) is 4.57 Å². The Morgan fingerprint density at radius 2 is 1.17 bits per heavy atom. The highest BCUT2D eigenvalue weighted by Crippen LogP contribution is 2.43. The van der Waals surface area contributed by atoms with Gasteiger partial charge >= 0.3 is 0 Å². The Labute approximate surface area is 266 Å². The minimum Gasteiger partial charge on any atom is -0.456 e. The third-order valence-corrected chi connectivity index (χ3v) is 10.8. The lowest BCUT2D eigenvalue weighted by atomic mass is 10.0. The largest absolute Gasteiger partial charge is 0.456 e. The summed E-state index contributed by atoms with van der Waals surface area (Å²) in [5.74, 6) is 0. The van der Waals surface area contributed by atoms with E-state index in [1.54, 1.807) is 0 Å². The highest BCUT2D eigenvalue weighted by atomic mass is 32.1. The molecule has 4 aromatic heterocycles. The Morgan fingerprint density at radius 1 is 0.435 bits per heavy atom. The maximum atomic E-state index is 6.74. The fraction of sp³-hybridized carbons (Fsp3) is 0. The van der Waals surface area contributed by atoms with Crippen molar-refractivity contribution in [1.29, 1.82) is 0 Å². The van der Waals surface area contributed by atoms with Crippen molar-refractivity contribution in [1.82, 2.24) is 4.57 Å². The lowest BCUT2D eigenvalue weighted by Crippen LogP contribution is -1.94. The van der Waals surface area contributed by atoms with Gasteiger partial charge in [0.1, 0.15) is 16.7 Å². The van der Waals surface area contributed by atoms with Crippen LogP contribution in [0.15, 0.2) is 148 Å². The van der Waals surface area contributed by atoms with E-state index in [0.717, 1.165) is 66.0 Å². The lowest BCUT2D eigenvalue weighted by Gasteiger charge is -2.08. The Balaban J connectivity index is 1.18. The molecule has 0 aliphatic carbocycles. The molecular formula is C42H23NO2S. The van der Waals surface area contributed by atoms with Crippen molar-refractivity contribution < 1.29 is 8.83 Å². The summed E-state index contributed by atoms with van der Waals surface area (Å²) in [6.07, 6.45) is 0. The van der Waals surface area contributed by atoms with E-state index in [9.17, 15) is 0 Å². The minimum atomic E-state index is 0.884. The van der Waals surface area contributed by atoms with Crippen LogP contribution < -0.4 is 0 Å². The first-order valence-corrected chi connectivity index (χ1v) is 16.3. The molecule has 11 rings (SSSR count). The molecule has 7 aromatic carbocycles. The summed E-state index contributed by atoms with van der Waals surface area (Å²) in [6.45, 7) is 0. The van der Waals surface area contributed by atoms with Crippen LogP contribution in [0.4, 0.5) is 0 Å². The summed E-state index contributed by atoms with van der Waals surface area (Å²) in [5.41, 5.74) is 9.33. The van der Waals surface area contributed by atoms with E-state index in [0.29, 0.717) is 0 Å². The molecule has 0 spiro atoms. The number of thiophene rings is 1. The molecule has 46 heavy (non-hydrogen) atoms. The van der Waals surface area contributed by atoms with Crippen molar-refractivity contribution in [3.05, 3.63) is 140 Å². The van der Waals surface area contributed by atoms with Crippen LogP contribution in [0, 0.1) is 0 Å². The molecule has 0 N–H and O–H groups in total. The van der Waals surface area contributed by atoms with Crippen molar-refractivity contribution >= 4 is 97.2 Å². The second kappa shape index (κ2) is 8.87. The Morgan fingerprint density at radius 3 is 2.13 bits per heavy atom. The molecule has 0 bridgehead atoms. The summed E-state index contributed by atoms with van der Waals surface area (Å²) >= 11 is 1.87. The number of rotatable bonds is 2. The summed E-state index contributed by atoms with van der Waals surface area (Å²) in [7, 11) is 0. The first-order valence-electron chi connectivity index (χ1n) is 15.5. The third-order valence-electron chi connectivity index (χ3n) is 9.60. The van der Waals surface area contributed by atoms with Gasteiger partial charge in [-0.2, -0.15) is 0 Å². The van der Waals surface area contributed by atoms with E-state index in [4.69, 9.17) is 8.83 Å². The lowest BCUT2D eigenvalue weighted by molar-refractivity contribution is 0.666. The summed E-state index contributed by atoms with van der Waals surface area (Å²) < 4.78 is 18.0. The van der Waals surface area contributed by atoms with Crippen LogP contribution in [0.5, 0.6) is 0 Å². The van der Waals surface area contributed by atoms with Gasteiger partial charge in [-0.25, -0.2) is 0 Å².